The first kappa shape index (κ1) is 19.9. The van der Waals surface area contributed by atoms with E-state index in [1.54, 1.807) is 31.1 Å². The van der Waals surface area contributed by atoms with Crippen molar-refractivity contribution in [1.29, 1.82) is 0 Å². The number of carbonyl (C=O) groups is 2. The molecule has 10 heteroatoms. The molecule has 0 atom stereocenters. The number of fused-ring (bicyclic) bond motifs is 1. The van der Waals surface area contributed by atoms with Crippen LogP contribution in [-0.2, 0) is 23.7 Å². The van der Waals surface area contributed by atoms with Crippen LogP contribution in [0.4, 0.5) is 5.82 Å². The van der Waals surface area contributed by atoms with Crippen LogP contribution in [0, 0.1) is 0 Å². The molecule has 3 heterocycles. The molecule has 1 saturated heterocycles. The van der Waals surface area contributed by atoms with Gasteiger partial charge >= 0.3 is 5.69 Å². The molecule has 26 heavy (non-hydrogen) atoms. The summed E-state index contributed by atoms with van der Waals surface area (Å²) in [5, 5.41) is 5.88. The van der Waals surface area contributed by atoms with Gasteiger partial charge in [0.15, 0.2) is 5.65 Å². The minimum Gasteiger partial charge on any atom is -0.340 e. The molecule has 142 valence electrons. The SMILES string of the molecule is Cl.Cn1c(=O)n(C)c2nc(NC(=O)CCC(=O)N3CCNCC3)ccc21. The second kappa shape index (κ2) is 8.33. The number of anilines is 1. The lowest BCUT2D eigenvalue weighted by Gasteiger charge is -2.27. The zero-order valence-corrected chi connectivity index (χ0v) is 15.6. The number of aromatic nitrogens is 3. The van der Waals surface area contributed by atoms with E-state index >= 15 is 0 Å². The van der Waals surface area contributed by atoms with E-state index in [9.17, 15) is 14.4 Å². The Morgan fingerprint density at radius 3 is 2.54 bits per heavy atom. The Kier molecular flexibility index (Phi) is 6.38. The number of aryl methyl sites for hydroxylation is 2. The topological polar surface area (TPSA) is 101 Å². The summed E-state index contributed by atoms with van der Waals surface area (Å²) < 4.78 is 2.93. The lowest BCUT2D eigenvalue weighted by molar-refractivity contribution is -0.133. The molecule has 2 N–H and O–H groups in total. The van der Waals surface area contributed by atoms with Gasteiger partial charge in [0.2, 0.25) is 11.8 Å². The van der Waals surface area contributed by atoms with Gasteiger partial charge < -0.3 is 15.5 Å². The van der Waals surface area contributed by atoms with Gasteiger partial charge in [-0.1, -0.05) is 0 Å². The fourth-order valence-corrected chi connectivity index (χ4v) is 2.94. The molecule has 1 fully saturated rings. The van der Waals surface area contributed by atoms with E-state index in [1.165, 1.54) is 9.13 Å². The molecule has 0 aromatic carbocycles. The Labute approximate surface area is 156 Å². The predicted molar refractivity (Wildman–Crippen MR) is 101 cm³/mol. The summed E-state index contributed by atoms with van der Waals surface area (Å²) in [7, 11) is 3.31. The van der Waals surface area contributed by atoms with Gasteiger partial charge in [-0.3, -0.25) is 18.7 Å². The number of hydrogen-bond donors (Lipinski definition) is 2. The van der Waals surface area contributed by atoms with Crippen molar-refractivity contribution in [3.8, 4) is 0 Å². The van der Waals surface area contributed by atoms with Crippen LogP contribution in [0.2, 0.25) is 0 Å². The van der Waals surface area contributed by atoms with Crippen LogP contribution >= 0.6 is 12.4 Å². The van der Waals surface area contributed by atoms with Crippen molar-refractivity contribution in [2.45, 2.75) is 12.8 Å². The Morgan fingerprint density at radius 1 is 1.15 bits per heavy atom. The van der Waals surface area contributed by atoms with Gasteiger partial charge in [-0.15, -0.1) is 12.4 Å². The number of pyridine rings is 1. The molecule has 0 aliphatic carbocycles. The smallest absolute Gasteiger partial charge is 0.329 e. The molecule has 2 aromatic rings. The summed E-state index contributed by atoms with van der Waals surface area (Å²) >= 11 is 0. The monoisotopic (exact) mass is 382 g/mol. The van der Waals surface area contributed by atoms with Crippen LogP contribution in [0.3, 0.4) is 0 Å². The summed E-state index contributed by atoms with van der Waals surface area (Å²) in [6.45, 7) is 2.94. The third-order valence-electron chi connectivity index (χ3n) is 4.41. The van der Waals surface area contributed by atoms with Gasteiger partial charge in [0, 0.05) is 53.1 Å². The highest BCUT2D eigenvalue weighted by atomic mass is 35.5. The van der Waals surface area contributed by atoms with Crippen molar-refractivity contribution in [2.24, 2.45) is 14.1 Å². The van der Waals surface area contributed by atoms with Crippen molar-refractivity contribution in [3.63, 3.8) is 0 Å². The number of halogens is 1. The van der Waals surface area contributed by atoms with E-state index < -0.39 is 0 Å². The van der Waals surface area contributed by atoms with Crippen molar-refractivity contribution in [1.82, 2.24) is 24.3 Å². The van der Waals surface area contributed by atoms with Crippen LogP contribution in [0.1, 0.15) is 12.8 Å². The Hall–Kier alpha value is -2.39. The second-order valence-electron chi connectivity index (χ2n) is 6.12. The van der Waals surface area contributed by atoms with E-state index in [-0.39, 0.29) is 42.8 Å². The first-order valence-electron chi connectivity index (χ1n) is 8.28. The molecule has 0 unspecified atom stereocenters. The van der Waals surface area contributed by atoms with E-state index in [4.69, 9.17) is 0 Å². The highest BCUT2D eigenvalue weighted by Crippen LogP contribution is 2.13. The maximum Gasteiger partial charge on any atom is 0.329 e. The normalized spacial score (nSPS) is 14.2. The number of nitrogens with one attached hydrogen (secondary N) is 2. The number of carbonyl (C=O) groups excluding carboxylic acids is 2. The van der Waals surface area contributed by atoms with Crippen LogP contribution in [-0.4, -0.2) is 57.0 Å². The van der Waals surface area contributed by atoms with Crippen molar-refractivity contribution in [3.05, 3.63) is 22.6 Å². The number of hydrogen-bond acceptors (Lipinski definition) is 5. The maximum atomic E-state index is 12.1. The minimum atomic E-state index is -0.267. The van der Waals surface area contributed by atoms with Crippen molar-refractivity contribution >= 4 is 41.2 Å². The van der Waals surface area contributed by atoms with Gasteiger partial charge in [0.05, 0.1) is 5.52 Å². The van der Waals surface area contributed by atoms with E-state index in [1.807, 2.05) is 0 Å². The molecule has 3 rings (SSSR count). The average Bonchev–Trinajstić information content (AvgIpc) is 2.84. The fourth-order valence-electron chi connectivity index (χ4n) is 2.94. The number of amides is 2. The Morgan fingerprint density at radius 2 is 1.85 bits per heavy atom. The second-order valence-corrected chi connectivity index (χ2v) is 6.12. The van der Waals surface area contributed by atoms with Gasteiger partial charge in [-0.2, -0.15) is 0 Å². The van der Waals surface area contributed by atoms with Crippen LogP contribution in [0.25, 0.3) is 11.2 Å². The quantitative estimate of drug-likeness (QED) is 0.765. The summed E-state index contributed by atoms with van der Waals surface area (Å²) in [6, 6.07) is 3.39. The molecule has 1 aliphatic rings. The lowest BCUT2D eigenvalue weighted by Crippen LogP contribution is -2.46. The van der Waals surface area contributed by atoms with Gasteiger partial charge in [0.25, 0.3) is 0 Å². The number of piperazine rings is 1. The highest BCUT2D eigenvalue weighted by Gasteiger charge is 2.17. The first-order valence-corrected chi connectivity index (χ1v) is 8.28. The van der Waals surface area contributed by atoms with E-state index in [0.29, 0.717) is 30.1 Å². The predicted octanol–water partition coefficient (Wildman–Crippen LogP) is -0.156. The maximum absolute atomic E-state index is 12.1. The third kappa shape index (κ3) is 4.05. The summed E-state index contributed by atoms with van der Waals surface area (Å²) in [5.41, 5.74) is 1.02. The lowest BCUT2D eigenvalue weighted by atomic mass is 10.2. The minimum absolute atomic E-state index is 0. The standard InChI is InChI=1S/C16H22N6O3.ClH/c1-20-11-3-4-12(19-15(11)21(2)16(20)25)18-13(23)5-6-14(24)22-9-7-17-8-10-22;/h3-4,17H,5-10H2,1-2H3,(H,18,19,23);1H. The van der Waals surface area contributed by atoms with E-state index in [0.717, 1.165) is 13.1 Å². The zero-order valence-electron chi connectivity index (χ0n) is 14.8. The van der Waals surface area contributed by atoms with Gasteiger partial charge in [-0.05, 0) is 12.1 Å². The largest absolute Gasteiger partial charge is 0.340 e. The molecule has 0 radical (unpaired) electrons. The number of rotatable bonds is 4. The number of imidazole rings is 1. The van der Waals surface area contributed by atoms with E-state index in [2.05, 4.69) is 15.6 Å². The molecular formula is C16H23ClN6O3. The third-order valence-corrected chi connectivity index (χ3v) is 4.41. The molecule has 1 aliphatic heterocycles. The zero-order chi connectivity index (χ0) is 18.0. The van der Waals surface area contributed by atoms with Gasteiger partial charge in [-0.25, -0.2) is 9.78 Å². The van der Waals surface area contributed by atoms with Crippen LogP contribution in [0.5, 0.6) is 0 Å². The molecule has 9 nitrogen and oxygen atoms in total. The molecule has 0 spiro atoms. The van der Waals surface area contributed by atoms with Crippen LogP contribution in [0.15, 0.2) is 16.9 Å². The summed E-state index contributed by atoms with van der Waals surface area (Å²) in [4.78, 5) is 42.2. The highest BCUT2D eigenvalue weighted by molar-refractivity contribution is 5.93. The molecule has 0 bridgehead atoms. The van der Waals surface area contributed by atoms with Crippen LogP contribution < -0.4 is 16.3 Å². The number of nitrogens with zero attached hydrogens (tertiary/aromatic N) is 4. The Balaban J connectivity index is 0.00000243. The first-order chi connectivity index (χ1) is 12.0. The van der Waals surface area contributed by atoms with Crippen molar-refractivity contribution < 1.29 is 9.59 Å². The molecule has 2 amide bonds. The summed E-state index contributed by atoms with van der Waals surface area (Å²) in [5.74, 6) is 0.0927. The van der Waals surface area contributed by atoms with Crippen molar-refractivity contribution in [2.75, 3.05) is 31.5 Å². The molecule has 2 aromatic heterocycles. The molecular weight excluding hydrogens is 360 g/mol. The van der Waals surface area contributed by atoms with Gasteiger partial charge in [0.1, 0.15) is 5.82 Å². The Bertz CT molecular complexity index is 869. The fraction of sp³-hybridized carbons (Fsp3) is 0.500. The average molecular weight is 383 g/mol. The molecule has 0 saturated carbocycles. The summed E-state index contributed by atoms with van der Waals surface area (Å²) in [6.07, 6.45) is 0.286.